The maximum Gasteiger partial charge on any atom is 0.353 e. The van der Waals surface area contributed by atoms with E-state index in [1.54, 1.807) is 0 Å². The fraction of sp³-hybridized carbons (Fsp3) is 0.333. The van der Waals surface area contributed by atoms with Gasteiger partial charge in [-0.05, 0) is 10.6 Å². The number of rotatable bonds is 4. The van der Waals surface area contributed by atoms with Crippen LogP contribution < -0.4 is 0 Å². The van der Waals surface area contributed by atoms with E-state index in [4.69, 9.17) is 28.7 Å². The number of hydrogen-bond acceptors (Lipinski definition) is 7. The Labute approximate surface area is 118 Å². The van der Waals surface area contributed by atoms with Crippen LogP contribution in [0.25, 0.3) is 10.4 Å². The Hall–Kier alpha value is -2.43. The lowest BCUT2D eigenvalue weighted by Crippen LogP contribution is -2.41. The van der Waals surface area contributed by atoms with Gasteiger partial charge in [-0.1, -0.05) is 23.2 Å². The molecule has 0 bridgehead atoms. The van der Waals surface area contributed by atoms with Gasteiger partial charge in [-0.25, -0.2) is 0 Å². The molecule has 0 radical (unpaired) electrons. The van der Waals surface area contributed by atoms with Crippen LogP contribution in [0.3, 0.4) is 0 Å². The summed E-state index contributed by atoms with van der Waals surface area (Å²) in [7, 11) is 0. The van der Waals surface area contributed by atoms with Crippen LogP contribution in [0.5, 0.6) is 0 Å². The van der Waals surface area contributed by atoms with Crippen LogP contribution in [-0.4, -0.2) is 20.4 Å². The highest BCUT2D eigenvalue weighted by Gasteiger charge is 2.58. The van der Waals surface area contributed by atoms with Gasteiger partial charge in [0.05, 0.1) is 9.85 Å². The largest absolute Gasteiger partial charge is 0.353 e. The highest BCUT2D eigenvalue weighted by atomic mass is 35.5. The van der Waals surface area contributed by atoms with E-state index in [0.29, 0.717) is 0 Å². The third-order valence-corrected chi connectivity index (χ3v) is 3.23. The minimum absolute atomic E-state index is 0.949. The fourth-order valence-corrected chi connectivity index (χ4v) is 2.14. The van der Waals surface area contributed by atoms with Crippen LogP contribution in [0.15, 0.2) is 26.6 Å². The predicted molar refractivity (Wildman–Crippen MR) is 63.2 cm³/mol. The molecule has 12 nitrogen and oxygen atoms in total. The number of nitro groups is 3. The number of halogens is 2. The van der Waals surface area contributed by atoms with Crippen LogP contribution in [0.2, 0.25) is 0 Å². The summed E-state index contributed by atoms with van der Waals surface area (Å²) >= 11 is 11.0. The average molecular weight is 325 g/mol. The zero-order chi connectivity index (χ0) is 15.7. The molecular formula is C6H2Cl2N6O6. The minimum Gasteiger partial charge on any atom is -0.263 e. The van der Waals surface area contributed by atoms with Crippen LogP contribution in [0.1, 0.15) is 6.42 Å². The quantitative estimate of drug-likeness (QED) is 0.251. The van der Waals surface area contributed by atoms with Crippen molar-refractivity contribution >= 4 is 23.2 Å². The molecule has 1 atom stereocenters. The van der Waals surface area contributed by atoms with Crippen LogP contribution in [0.4, 0.5) is 0 Å². The first kappa shape index (κ1) is 15.6. The van der Waals surface area contributed by atoms with Crippen LogP contribution in [0, 0.1) is 30.3 Å². The van der Waals surface area contributed by atoms with E-state index in [-0.39, 0.29) is 0 Å². The first-order valence-corrected chi connectivity index (χ1v) is 5.23. The molecule has 1 rings (SSSR count). The summed E-state index contributed by atoms with van der Waals surface area (Å²) in [6, 6.07) is 0. The molecule has 106 valence electrons. The smallest absolute Gasteiger partial charge is 0.263 e. The van der Waals surface area contributed by atoms with Gasteiger partial charge in [0, 0.05) is 9.84 Å². The second-order valence-corrected chi connectivity index (χ2v) is 4.13. The SMILES string of the molecule is [N-]=[N+]=NC1([N+](=O)[O-])CC([N+](=O)[O-])=C(Cl)C([N+](=O)[O-])=C1Cl. The Balaban J connectivity index is 3.79. The standard InChI is InChI=1S/C6H2Cl2N6O6/c7-3-2(12(15)16)1-6(10-11-9,14(19)20)5(8)4(3)13(17)18/h1H2. The van der Waals surface area contributed by atoms with Crippen molar-refractivity contribution in [1.29, 1.82) is 0 Å². The number of nitrogens with zero attached hydrogens (tertiary/aromatic N) is 6. The van der Waals surface area contributed by atoms with Gasteiger partial charge in [0.15, 0.2) is 10.1 Å². The summed E-state index contributed by atoms with van der Waals surface area (Å²) in [5, 5.41) is 33.4. The molecule has 0 aromatic carbocycles. The molecule has 0 N–H and O–H groups in total. The predicted octanol–water partition coefficient (Wildman–Crippen LogP) is 2.13. The molecule has 1 aliphatic rings. The fourth-order valence-electron chi connectivity index (χ4n) is 1.45. The lowest BCUT2D eigenvalue weighted by atomic mass is 9.97. The van der Waals surface area contributed by atoms with Gasteiger partial charge in [-0.3, -0.25) is 30.3 Å². The van der Waals surface area contributed by atoms with Gasteiger partial charge in [-0.2, -0.15) is 0 Å². The molecule has 0 aliphatic heterocycles. The van der Waals surface area contributed by atoms with E-state index in [2.05, 4.69) is 10.0 Å². The van der Waals surface area contributed by atoms with E-state index < -0.39 is 48.3 Å². The molecule has 0 amide bonds. The molecule has 14 heteroatoms. The van der Waals surface area contributed by atoms with Crippen molar-refractivity contribution in [1.82, 2.24) is 0 Å². The number of azide groups is 1. The van der Waals surface area contributed by atoms with Crippen LogP contribution in [-0.2, 0) is 0 Å². The lowest BCUT2D eigenvalue weighted by Gasteiger charge is -2.21. The molecule has 20 heavy (non-hydrogen) atoms. The summed E-state index contributed by atoms with van der Waals surface area (Å²) in [6.45, 7) is 0. The normalized spacial score (nSPS) is 22.3. The van der Waals surface area contributed by atoms with Crippen molar-refractivity contribution in [3.63, 3.8) is 0 Å². The summed E-state index contributed by atoms with van der Waals surface area (Å²) in [5.74, 6) is 0. The third kappa shape index (κ3) is 2.22. The van der Waals surface area contributed by atoms with E-state index >= 15 is 0 Å². The topological polar surface area (TPSA) is 178 Å². The Morgan fingerprint density at radius 3 is 2.10 bits per heavy atom. The molecule has 0 saturated carbocycles. The van der Waals surface area contributed by atoms with Gasteiger partial charge in [0.25, 0.3) is 5.70 Å². The van der Waals surface area contributed by atoms with Crippen molar-refractivity contribution in [2.45, 2.75) is 12.1 Å². The summed E-state index contributed by atoms with van der Waals surface area (Å²) in [4.78, 5) is 31.2. The van der Waals surface area contributed by atoms with E-state index in [1.165, 1.54) is 0 Å². The molecule has 0 aromatic rings. The van der Waals surface area contributed by atoms with Crippen molar-refractivity contribution in [3.05, 3.63) is 62.2 Å². The maximum atomic E-state index is 11.0. The second kappa shape index (κ2) is 5.28. The summed E-state index contributed by atoms with van der Waals surface area (Å²) in [6.07, 6.45) is -1.11. The van der Waals surface area contributed by atoms with E-state index in [1.807, 2.05) is 0 Å². The first-order chi connectivity index (χ1) is 9.19. The molecule has 0 spiro atoms. The van der Waals surface area contributed by atoms with Gasteiger partial charge < -0.3 is 0 Å². The molecule has 0 heterocycles. The lowest BCUT2D eigenvalue weighted by molar-refractivity contribution is -0.564. The van der Waals surface area contributed by atoms with Crippen molar-refractivity contribution < 1.29 is 14.8 Å². The Kier molecular flexibility index (Phi) is 4.13. The Bertz CT molecular complexity index is 632. The van der Waals surface area contributed by atoms with Crippen molar-refractivity contribution in [3.8, 4) is 0 Å². The van der Waals surface area contributed by atoms with E-state index in [9.17, 15) is 30.3 Å². The highest BCUT2D eigenvalue weighted by molar-refractivity contribution is 6.36. The highest BCUT2D eigenvalue weighted by Crippen LogP contribution is 2.44. The first-order valence-electron chi connectivity index (χ1n) is 4.47. The molecule has 0 aromatic heterocycles. The third-order valence-electron chi connectivity index (χ3n) is 2.35. The second-order valence-electron chi connectivity index (χ2n) is 3.38. The molecular weight excluding hydrogens is 323 g/mol. The summed E-state index contributed by atoms with van der Waals surface area (Å²) < 4.78 is 0. The van der Waals surface area contributed by atoms with Gasteiger partial charge in [-0.15, -0.1) is 0 Å². The Morgan fingerprint density at radius 1 is 1.20 bits per heavy atom. The number of allylic oxidation sites excluding steroid dienone is 1. The monoisotopic (exact) mass is 324 g/mol. The molecule has 0 fully saturated rings. The van der Waals surface area contributed by atoms with E-state index in [0.717, 1.165) is 0 Å². The minimum atomic E-state index is -2.88. The Morgan fingerprint density at radius 2 is 1.75 bits per heavy atom. The van der Waals surface area contributed by atoms with Crippen molar-refractivity contribution in [2.75, 3.05) is 0 Å². The summed E-state index contributed by atoms with van der Waals surface area (Å²) in [5.41, 5.74) is 3.20. The average Bonchev–Trinajstić information content (AvgIpc) is 2.31. The van der Waals surface area contributed by atoms with Crippen molar-refractivity contribution in [2.24, 2.45) is 5.11 Å². The molecule has 0 saturated heterocycles. The zero-order valence-electron chi connectivity index (χ0n) is 9.10. The van der Waals surface area contributed by atoms with Crippen LogP contribution >= 0.6 is 23.2 Å². The van der Waals surface area contributed by atoms with Gasteiger partial charge in [0.2, 0.25) is 0 Å². The maximum absolute atomic E-state index is 11.0. The number of hydrogen-bond donors (Lipinski definition) is 0. The zero-order valence-corrected chi connectivity index (χ0v) is 10.6. The van der Waals surface area contributed by atoms with Gasteiger partial charge >= 0.3 is 11.4 Å². The molecule has 1 unspecified atom stereocenters. The van der Waals surface area contributed by atoms with Gasteiger partial charge in [0.1, 0.15) is 6.42 Å². The molecule has 1 aliphatic carbocycles.